The molecule has 1 heterocycles. The monoisotopic (exact) mass is 389 g/mol. The summed E-state index contributed by atoms with van der Waals surface area (Å²) in [6.07, 6.45) is 7.73. The van der Waals surface area contributed by atoms with Crippen molar-refractivity contribution in [2.75, 3.05) is 0 Å². The molecule has 1 aliphatic rings. The van der Waals surface area contributed by atoms with Crippen molar-refractivity contribution >= 4 is 5.91 Å². The van der Waals surface area contributed by atoms with Crippen LogP contribution < -0.4 is 10.1 Å². The van der Waals surface area contributed by atoms with E-state index in [1.807, 2.05) is 61.0 Å². The van der Waals surface area contributed by atoms with E-state index in [-0.39, 0.29) is 5.91 Å². The van der Waals surface area contributed by atoms with E-state index in [2.05, 4.69) is 16.4 Å². The summed E-state index contributed by atoms with van der Waals surface area (Å²) in [5.74, 6) is 1.69. The van der Waals surface area contributed by atoms with Crippen molar-refractivity contribution in [3.63, 3.8) is 0 Å². The molecule has 0 saturated carbocycles. The van der Waals surface area contributed by atoms with Crippen LogP contribution in [0.1, 0.15) is 42.3 Å². The van der Waals surface area contributed by atoms with Crippen molar-refractivity contribution in [3.8, 4) is 11.4 Å². The number of nitrogens with zero attached hydrogens (tertiary/aromatic N) is 2. The van der Waals surface area contributed by atoms with E-state index in [9.17, 15) is 4.79 Å². The highest BCUT2D eigenvalue weighted by Crippen LogP contribution is 2.30. The summed E-state index contributed by atoms with van der Waals surface area (Å²) in [5, 5.41) is 2.98. The molecular formula is C24H27N3O2. The minimum absolute atomic E-state index is 0.104. The van der Waals surface area contributed by atoms with Crippen molar-refractivity contribution in [1.29, 1.82) is 0 Å². The van der Waals surface area contributed by atoms with Crippen molar-refractivity contribution < 1.29 is 9.53 Å². The van der Waals surface area contributed by atoms with Gasteiger partial charge in [-0.1, -0.05) is 24.3 Å². The van der Waals surface area contributed by atoms with Gasteiger partial charge < -0.3 is 14.6 Å². The zero-order valence-corrected chi connectivity index (χ0v) is 17.0. The van der Waals surface area contributed by atoms with Gasteiger partial charge in [-0.25, -0.2) is 4.98 Å². The van der Waals surface area contributed by atoms with Gasteiger partial charge in [0.25, 0.3) is 5.91 Å². The number of hydrogen-bond donors (Lipinski definition) is 1. The van der Waals surface area contributed by atoms with Gasteiger partial charge in [0.05, 0.1) is 0 Å². The number of carbonyl (C=O) groups is 1. The minimum Gasteiger partial charge on any atom is -0.481 e. The molecule has 1 aromatic heterocycles. The largest absolute Gasteiger partial charge is 0.481 e. The third-order valence-corrected chi connectivity index (χ3v) is 5.53. The topological polar surface area (TPSA) is 56.2 Å². The van der Waals surface area contributed by atoms with Crippen molar-refractivity contribution in [3.05, 3.63) is 77.4 Å². The molecule has 1 aliphatic carbocycles. The number of benzene rings is 2. The molecule has 150 valence electrons. The lowest BCUT2D eigenvalue weighted by atomic mass is 9.91. The number of rotatable bonds is 6. The predicted octanol–water partition coefficient (Wildman–Crippen LogP) is 4.14. The van der Waals surface area contributed by atoms with Gasteiger partial charge in [-0.2, -0.15) is 0 Å². The van der Waals surface area contributed by atoms with Crippen LogP contribution >= 0.6 is 0 Å². The third-order valence-electron chi connectivity index (χ3n) is 5.53. The number of nitrogens with one attached hydrogen (secondary N) is 1. The molecule has 5 heteroatoms. The van der Waals surface area contributed by atoms with E-state index in [0.29, 0.717) is 6.54 Å². The highest BCUT2D eigenvalue weighted by molar-refractivity contribution is 5.80. The Balaban J connectivity index is 1.34. The second kappa shape index (κ2) is 8.52. The second-order valence-corrected chi connectivity index (χ2v) is 7.59. The van der Waals surface area contributed by atoms with Crippen LogP contribution in [0.3, 0.4) is 0 Å². The molecule has 0 radical (unpaired) electrons. The first kappa shape index (κ1) is 19.2. The van der Waals surface area contributed by atoms with E-state index >= 15 is 0 Å². The Bertz CT molecular complexity index is 992. The van der Waals surface area contributed by atoms with Crippen LogP contribution in [0.25, 0.3) is 5.69 Å². The molecule has 0 bridgehead atoms. The number of aryl methyl sites for hydroxylation is 2. The van der Waals surface area contributed by atoms with Crippen LogP contribution in [0.4, 0.5) is 0 Å². The van der Waals surface area contributed by atoms with E-state index in [4.69, 9.17) is 4.74 Å². The second-order valence-electron chi connectivity index (χ2n) is 7.59. The predicted molar refractivity (Wildman–Crippen MR) is 113 cm³/mol. The average Bonchev–Trinajstić information content (AvgIpc) is 3.18. The van der Waals surface area contributed by atoms with Crippen molar-refractivity contribution in [1.82, 2.24) is 14.9 Å². The van der Waals surface area contributed by atoms with Crippen molar-refractivity contribution in [2.24, 2.45) is 0 Å². The number of ether oxygens (including phenoxy) is 1. The lowest BCUT2D eigenvalue weighted by Gasteiger charge is -2.22. The fraction of sp³-hybridized carbons (Fsp3) is 0.333. The Morgan fingerprint density at radius 1 is 1.17 bits per heavy atom. The number of imidazole rings is 1. The van der Waals surface area contributed by atoms with E-state index in [0.717, 1.165) is 35.7 Å². The lowest BCUT2D eigenvalue weighted by Crippen LogP contribution is -2.36. The first-order valence-corrected chi connectivity index (χ1v) is 10.3. The SMILES string of the molecule is Cc1nccn1-c1ccc(CNC(=O)C(C)Oc2cccc3c2CCCC3)cc1. The highest BCUT2D eigenvalue weighted by atomic mass is 16.5. The Morgan fingerprint density at radius 2 is 1.97 bits per heavy atom. The maximum absolute atomic E-state index is 12.5. The number of amides is 1. The van der Waals surface area contributed by atoms with Gasteiger partial charge in [-0.3, -0.25) is 4.79 Å². The van der Waals surface area contributed by atoms with Crippen LogP contribution in [0.5, 0.6) is 5.75 Å². The Kier molecular flexibility index (Phi) is 5.65. The maximum Gasteiger partial charge on any atom is 0.261 e. The molecule has 3 aromatic rings. The number of aromatic nitrogens is 2. The van der Waals surface area contributed by atoms with Gasteiger partial charge >= 0.3 is 0 Å². The Hall–Kier alpha value is -3.08. The van der Waals surface area contributed by atoms with Crippen LogP contribution in [-0.2, 0) is 24.2 Å². The zero-order chi connectivity index (χ0) is 20.2. The summed E-state index contributed by atoms with van der Waals surface area (Å²) in [7, 11) is 0. The average molecular weight is 389 g/mol. The van der Waals surface area contributed by atoms with Gasteiger partial charge in [0.1, 0.15) is 11.6 Å². The number of carbonyl (C=O) groups excluding carboxylic acids is 1. The molecule has 4 rings (SSSR count). The zero-order valence-electron chi connectivity index (χ0n) is 17.0. The molecule has 5 nitrogen and oxygen atoms in total. The summed E-state index contributed by atoms with van der Waals surface area (Å²) in [6.45, 7) is 4.25. The van der Waals surface area contributed by atoms with Gasteiger partial charge in [0.2, 0.25) is 0 Å². The normalized spacial score (nSPS) is 14.1. The first-order chi connectivity index (χ1) is 14.1. The van der Waals surface area contributed by atoms with E-state index in [1.165, 1.54) is 24.0 Å². The smallest absolute Gasteiger partial charge is 0.261 e. The molecule has 0 saturated heterocycles. The molecule has 1 amide bonds. The molecule has 2 aromatic carbocycles. The fourth-order valence-corrected chi connectivity index (χ4v) is 3.86. The fourth-order valence-electron chi connectivity index (χ4n) is 3.86. The van der Waals surface area contributed by atoms with Crippen LogP contribution in [-0.4, -0.2) is 21.6 Å². The van der Waals surface area contributed by atoms with Gasteiger partial charge in [-0.15, -0.1) is 0 Å². The van der Waals surface area contributed by atoms with Crippen LogP contribution in [0, 0.1) is 6.92 Å². The Labute approximate surface area is 171 Å². The number of fused-ring (bicyclic) bond motifs is 1. The van der Waals surface area contributed by atoms with Gasteiger partial charge in [0.15, 0.2) is 6.10 Å². The lowest BCUT2D eigenvalue weighted by molar-refractivity contribution is -0.127. The molecule has 0 spiro atoms. The third kappa shape index (κ3) is 4.34. The van der Waals surface area contributed by atoms with Gasteiger partial charge in [0, 0.05) is 24.6 Å². The van der Waals surface area contributed by atoms with Crippen molar-refractivity contribution in [2.45, 2.75) is 52.2 Å². The molecule has 0 aliphatic heterocycles. The summed E-state index contributed by atoms with van der Waals surface area (Å²) in [5.41, 5.74) is 4.73. The molecule has 1 unspecified atom stereocenters. The first-order valence-electron chi connectivity index (χ1n) is 10.3. The van der Waals surface area contributed by atoms with Gasteiger partial charge in [-0.05, 0) is 74.4 Å². The van der Waals surface area contributed by atoms with Crippen LogP contribution in [0.15, 0.2) is 54.9 Å². The molecular weight excluding hydrogens is 362 g/mol. The summed E-state index contributed by atoms with van der Waals surface area (Å²) < 4.78 is 8.05. The molecule has 1 N–H and O–H groups in total. The molecule has 1 atom stereocenters. The molecule has 29 heavy (non-hydrogen) atoms. The van der Waals surface area contributed by atoms with E-state index < -0.39 is 6.10 Å². The van der Waals surface area contributed by atoms with E-state index in [1.54, 1.807) is 6.20 Å². The quantitative estimate of drug-likeness (QED) is 0.689. The standard InChI is InChI=1S/C24H27N3O2/c1-17(29-23-9-5-7-20-6-3-4-8-22(20)23)24(28)26-16-19-10-12-21(13-11-19)27-15-14-25-18(27)2/h5,7,9-15,17H,3-4,6,8,16H2,1-2H3,(H,26,28). The summed E-state index contributed by atoms with van der Waals surface area (Å²) in [6, 6.07) is 14.3. The highest BCUT2D eigenvalue weighted by Gasteiger charge is 2.19. The molecule has 0 fully saturated rings. The summed E-state index contributed by atoms with van der Waals surface area (Å²) >= 11 is 0. The Morgan fingerprint density at radius 3 is 2.72 bits per heavy atom. The summed E-state index contributed by atoms with van der Waals surface area (Å²) in [4.78, 5) is 16.8. The minimum atomic E-state index is -0.531. The van der Waals surface area contributed by atoms with Crippen LogP contribution in [0.2, 0.25) is 0 Å². The maximum atomic E-state index is 12.5. The number of hydrogen-bond acceptors (Lipinski definition) is 3.